The Morgan fingerprint density at radius 1 is 1.60 bits per heavy atom. The Kier molecular flexibility index (Phi) is 6.92. The number of nitrogens with one attached hydrogen (secondary N) is 1. The fourth-order valence-electron chi connectivity index (χ4n) is 2.91. The summed E-state index contributed by atoms with van der Waals surface area (Å²) in [6.07, 6.45) is 2.94. The first-order valence-corrected chi connectivity index (χ1v) is 7.65. The lowest BCUT2D eigenvalue weighted by Gasteiger charge is -2.35. The van der Waals surface area contributed by atoms with E-state index in [1.165, 1.54) is 6.42 Å². The van der Waals surface area contributed by atoms with Gasteiger partial charge >= 0.3 is 5.97 Å². The predicted molar refractivity (Wildman–Crippen MR) is 80.0 cm³/mol. The maximum absolute atomic E-state index is 11.5. The molecule has 3 atom stereocenters. The Balaban J connectivity index is 2.50. The molecule has 0 aromatic carbocycles. The quantitative estimate of drug-likeness (QED) is 0.709. The van der Waals surface area contributed by atoms with Crippen LogP contribution in [0.15, 0.2) is 0 Å². The summed E-state index contributed by atoms with van der Waals surface area (Å²) in [5, 5.41) is 12.5. The Morgan fingerprint density at radius 2 is 2.30 bits per heavy atom. The Morgan fingerprint density at radius 3 is 2.80 bits per heavy atom. The largest absolute Gasteiger partial charge is 0.480 e. The molecule has 0 saturated carbocycles. The van der Waals surface area contributed by atoms with Crippen LogP contribution < -0.4 is 5.32 Å². The smallest absolute Gasteiger partial charge is 0.323 e. The van der Waals surface area contributed by atoms with Crippen molar-refractivity contribution in [3.63, 3.8) is 0 Å². The summed E-state index contributed by atoms with van der Waals surface area (Å²) in [4.78, 5) is 13.7. The molecule has 1 fully saturated rings. The highest BCUT2D eigenvalue weighted by Crippen LogP contribution is 2.20. The first-order valence-electron chi connectivity index (χ1n) is 7.65. The molecule has 1 saturated heterocycles. The first kappa shape index (κ1) is 17.4. The molecule has 118 valence electrons. The van der Waals surface area contributed by atoms with Crippen LogP contribution in [0.3, 0.4) is 0 Å². The van der Waals surface area contributed by atoms with E-state index in [0.29, 0.717) is 18.9 Å². The van der Waals surface area contributed by atoms with Crippen LogP contribution in [-0.4, -0.2) is 60.9 Å². The fraction of sp³-hybridized carbons (Fsp3) is 0.933. The zero-order valence-electron chi connectivity index (χ0n) is 13.3. The van der Waals surface area contributed by atoms with E-state index in [9.17, 15) is 9.90 Å². The number of rotatable bonds is 8. The summed E-state index contributed by atoms with van der Waals surface area (Å²) in [5.74, 6) is -0.202. The molecule has 0 radical (unpaired) electrons. The number of aliphatic carboxylic acids is 1. The summed E-state index contributed by atoms with van der Waals surface area (Å²) in [7, 11) is 2.08. The third-order valence-electron chi connectivity index (χ3n) is 4.30. The highest BCUT2D eigenvalue weighted by atomic mass is 16.5. The van der Waals surface area contributed by atoms with Crippen LogP contribution in [0, 0.1) is 5.92 Å². The zero-order chi connectivity index (χ0) is 15.2. The number of carboxylic acids is 1. The van der Waals surface area contributed by atoms with E-state index in [1.807, 2.05) is 6.92 Å². The number of nitrogens with zero attached hydrogens (tertiary/aromatic N) is 1. The molecule has 1 heterocycles. The van der Waals surface area contributed by atoms with Gasteiger partial charge in [0.25, 0.3) is 0 Å². The van der Waals surface area contributed by atoms with Gasteiger partial charge in [-0.1, -0.05) is 6.92 Å². The van der Waals surface area contributed by atoms with Crippen molar-refractivity contribution in [3.8, 4) is 0 Å². The van der Waals surface area contributed by atoms with Crippen LogP contribution >= 0.6 is 0 Å². The van der Waals surface area contributed by atoms with Gasteiger partial charge in [0.05, 0.1) is 6.61 Å². The van der Waals surface area contributed by atoms with Gasteiger partial charge in [-0.2, -0.15) is 0 Å². The minimum Gasteiger partial charge on any atom is -0.480 e. The molecular formula is C15H30N2O3. The van der Waals surface area contributed by atoms with E-state index in [2.05, 4.69) is 24.2 Å². The molecule has 1 aliphatic rings. The lowest BCUT2D eigenvalue weighted by Crippen LogP contribution is -2.53. The van der Waals surface area contributed by atoms with Crippen molar-refractivity contribution in [2.24, 2.45) is 5.92 Å². The predicted octanol–water partition coefficient (Wildman–Crippen LogP) is 1.58. The number of carboxylic acid groups (broad SMARTS) is 1. The molecule has 0 spiro atoms. The van der Waals surface area contributed by atoms with Gasteiger partial charge in [-0.05, 0) is 52.6 Å². The second-order valence-corrected chi connectivity index (χ2v) is 6.24. The third-order valence-corrected chi connectivity index (χ3v) is 4.30. The Bertz CT molecular complexity index is 305. The summed E-state index contributed by atoms with van der Waals surface area (Å²) < 4.78 is 5.51. The molecule has 0 aromatic rings. The molecule has 20 heavy (non-hydrogen) atoms. The Hall–Kier alpha value is -0.650. The van der Waals surface area contributed by atoms with Crippen molar-refractivity contribution >= 4 is 5.97 Å². The van der Waals surface area contributed by atoms with E-state index in [0.717, 1.165) is 26.2 Å². The lowest BCUT2D eigenvalue weighted by molar-refractivity contribution is -0.145. The van der Waals surface area contributed by atoms with Crippen LogP contribution in [0.5, 0.6) is 0 Å². The average molecular weight is 286 g/mol. The standard InChI is InChI=1S/C15H30N2O3/c1-5-16-15(3,14(18)19)9-12(2)17(4)10-13-7-6-8-20-11-13/h12-13,16H,5-11H2,1-4H3,(H,18,19). The molecule has 5 heteroatoms. The maximum atomic E-state index is 11.5. The van der Waals surface area contributed by atoms with E-state index in [4.69, 9.17) is 4.74 Å². The SMILES string of the molecule is CCNC(C)(CC(C)N(C)CC1CCCOC1)C(=O)O. The summed E-state index contributed by atoms with van der Waals surface area (Å²) in [6.45, 7) is 9.16. The van der Waals surface area contributed by atoms with Crippen LogP contribution in [-0.2, 0) is 9.53 Å². The number of hydrogen-bond acceptors (Lipinski definition) is 4. The second-order valence-electron chi connectivity index (χ2n) is 6.24. The normalized spacial score (nSPS) is 24.4. The van der Waals surface area contributed by atoms with Gasteiger partial charge in [0.1, 0.15) is 5.54 Å². The highest BCUT2D eigenvalue weighted by Gasteiger charge is 2.35. The van der Waals surface area contributed by atoms with Gasteiger partial charge in [-0.3, -0.25) is 4.79 Å². The molecule has 2 N–H and O–H groups in total. The molecule has 0 aromatic heterocycles. The topological polar surface area (TPSA) is 61.8 Å². The van der Waals surface area contributed by atoms with E-state index in [-0.39, 0.29) is 6.04 Å². The summed E-state index contributed by atoms with van der Waals surface area (Å²) >= 11 is 0. The highest BCUT2D eigenvalue weighted by molar-refractivity contribution is 5.78. The van der Waals surface area contributed by atoms with Gasteiger partial charge in [0, 0.05) is 19.2 Å². The van der Waals surface area contributed by atoms with Crippen LogP contribution in [0.25, 0.3) is 0 Å². The number of hydrogen-bond donors (Lipinski definition) is 2. The fourth-order valence-corrected chi connectivity index (χ4v) is 2.91. The van der Waals surface area contributed by atoms with Crippen molar-refractivity contribution < 1.29 is 14.6 Å². The van der Waals surface area contributed by atoms with E-state index >= 15 is 0 Å². The van der Waals surface area contributed by atoms with Crippen LogP contribution in [0.1, 0.15) is 40.0 Å². The zero-order valence-corrected chi connectivity index (χ0v) is 13.3. The number of likely N-dealkylation sites (N-methyl/N-ethyl adjacent to an activating group) is 1. The number of ether oxygens (including phenoxy) is 1. The van der Waals surface area contributed by atoms with Crippen molar-refractivity contribution in [2.75, 3.05) is 33.4 Å². The molecule has 0 amide bonds. The first-order chi connectivity index (χ1) is 9.39. The maximum Gasteiger partial charge on any atom is 0.323 e. The molecule has 0 aliphatic carbocycles. The second kappa shape index (κ2) is 7.96. The Labute approximate surface area is 122 Å². The van der Waals surface area contributed by atoms with Gasteiger partial charge in [-0.15, -0.1) is 0 Å². The minimum absolute atomic E-state index is 0.220. The molecule has 1 aliphatic heterocycles. The van der Waals surface area contributed by atoms with Gasteiger partial charge in [-0.25, -0.2) is 0 Å². The monoisotopic (exact) mass is 286 g/mol. The van der Waals surface area contributed by atoms with Crippen molar-refractivity contribution in [3.05, 3.63) is 0 Å². The summed E-state index contributed by atoms with van der Waals surface area (Å²) in [6, 6.07) is 0.220. The van der Waals surface area contributed by atoms with E-state index < -0.39 is 11.5 Å². The van der Waals surface area contributed by atoms with Gasteiger partial charge in [0.2, 0.25) is 0 Å². The molecule has 3 unspecified atom stereocenters. The van der Waals surface area contributed by atoms with Crippen molar-refractivity contribution in [2.45, 2.75) is 51.6 Å². The average Bonchev–Trinajstić information content (AvgIpc) is 2.39. The summed E-state index contributed by atoms with van der Waals surface area (Å²) in [5.41, 5.74) is -0.856. The van der Waals surface area contributed by atoms with Crippen molar-refractivity contribution in [1.29, 1.82) is 0 Å². The van der Waals surface area contributed by atoms with Gasteiger partial charge in [0.15, 0.2) is 0 Å². The molecule has 1 rings (SSSR count). The van der Waals surface area contributed by atoms with Crippen LogP contribution in [0.2, 0.25) is 0 Å². The van der Waals surface area contributed by atoms with Crippen LogP contribution in [0.4, 0.5) is 0 Å². The molecule has 5 nitrogen and oxygen atoms in total. The van der Waals surface area contributed by atoms with Gasteiger partial charge < -0.3 is 20.1 Å². The van der Waals surface area contributed by atoms with Crippen molar-refractivity contribution in [1.82, 2.24) is 10.2 Å². The molecule has 0 bridgehead atoms. The molecular weight excluding hydrogens is 256 g/mol. The number of carbonyl (C=O) groups is 1. The van der Waals surface area contributed by atoms with E-state index in [1.54, 1.807) is 6.92 Å². The third kappa shape index (κ3) is 5.04. The minimum atomic E-state index is -0.856. The lowest BCUT2D eigenvalue weighted by atomic mass is 9.92.